The second-order valence-electron chi connectivity index (χ2n) is 4.68. The van der Waals surface area contributed by atoms with Crippen LogP contribution in [-0.2, 0) is 0 Å². The molecule has 0 heterocycles. The van der Waals surface area contributed by atoms with Crippen LogP contribution in [0.2, 0.25) is 0 Å². The van der Waals surface area contributed by atoms with Crippen molar-refractivity contribution in [3.8, 4) is 11.5 Å². The van der Waals surface area contributed by atoms with E-state index in [1.807, 2.05) is 37.3 Å². The van der Waals surface area contributed by atoms with Gasteiger partial charge in [-0.3, -0.25) is 0 Å². The van der Waals surface area contributed by atoms with Gasteiger partial charge < -0.3 is 9.84 Å². The number of rotatable bonds is 6. The summed E-state index contributed by atoms with van der Waals surface area (Å²) in [7, 11) is 0. The molecule has 0 fully saturated rings. The van der Waals surface area contributed by atoms with E-state index in [4.69, 9.17) is 4.74 Å². The zero-order valence-electron chi connectivity index (χ0n) is 11.2. The van der Waals surface area contributed by atoms with E-state index < -0.39 is 0 Å². The Kier molecular flexibility index (Phi) is 5.08. The number of benzene rings is 2. The number of phenols is 1. The van der Waals surface area contributed by atoms with Crippen LogP contribution < -0.4 is 4.74 Å². The number of alkyl halides is 1. The number of aromatic hydroxyl groups is 1. The van der Waals surface area contributed by atoms with Crippen molar-refractivity contribution in [1.82, 2.24) is 0 Å². The van der Waals surface area contributed by atoms with E-state index in [0.717, 1.165) is 40.4 Å². The molecule has 0 aliphatic carbocycles. The first-order valence-corrected chi connectivity index (χ1v) is 7.76. The summed E-state index contributed by atoms with van der Waals surface area (Å²) < 4.78 is 5.88. The van der Waals surface area contributed by atoms with Crippen LogP contribution in [0.15, 0.2) is 30.3 Å². The molecule has 1 N–H and O–H groups in total. The van der Waals surface area contributed by atoms with E-state index in [1.165, 1.54) is 12.8 Å². The highest BCUT2D eigenvalue weighted by Gasteiger charge is 2.09. The summed E-state index contributed by atoms with van der Waals surface area (Å²) in [5, 5.41) is 13.0. The zero-order chi connectivity index (χ0) is 13.7. The average molecular weight is 323 g/mol. The first-order chi connectivity index (χ1) is 9.24. The van der Waals surface area contributed by atoms with Crippen molar-refractivity contribution in [3.05, 3.63) is 35.9 Å². The third kappa shape index (κ3) is 3.41. The number of halogens is 1. The van der Waals surface area contributed by atoms with Gasteiger partial charge in [0, 0.05) is 16.1 Å². The smallest absolute Gasteiger partial charge is 0.127 e. The van der Waals surface area contributed by atoms with Gasteiger partial charge in [-0.1, -0.05) is 40.2 Å². The molecule has 0 bridgehead atoms. The van der Waals surface area contributed by atoms with E-state index in [-0.39, 0.29) is 0 Å². The first-order valence-electron chi connectivity index (χ1n) is 6.64. The predicted molar refractivity (Wildman–Crippen MR) is 83.5 cm³/mol. The van der Waals surface area contributed by atoms with Crippen LogP contribution in [0.4, 0.5) is 0 Å². The predicted octanol–water partition coefficient (Wildman–Crippen LogP) is 4.80. The van der Waals surface area contributed by atoms with Gasteiger partial charge in [-0.2, -0.15) is 0 Å². The Bertz CT molecular complexity index is 552. The molecule has 0 radical (unpaired) electrons. The number of unbranched alkanes of at least 4 members (excludes halogenated alkanes) is 2. The van der Waals surface area contributed by atoms with Gasteiger partial charge >= 0.3 is 0 Å². The van der Waals surface area contributed by atoms with Crippen LogP contribution in [0.1, 0.15) is 24.8 Å². The maximum atomic E-state index is 10.1. The minimum absolute atomic E-state index is 0.349. The van der Waals surface area contributed by atoms with E-state index in [9.17, 15) is 5.11 Å². The standard InChI is InChI=1S/C16H19BrO2/c1-12-11-15(19-10-6-2-5-9-17)13-7-3-4-8-14(13)16(12)18/h3-4,7-8,11,18H,2,5-6,9-10H2,1H3. The van der Waals surface area contributed by atoms with Gasteiger partial charge in [0.1, 0.15) is 11.5 Å². The van der Waals surface area contributed by atoms with Gasteiger partial charge in [0.15, 0.2) is 0 Å². The lowest BCUT2D eigenvalue weighted by atomic mass is 10.1. The van der Waals surface area contributed by atoms with Crippen molar-refractivity contribution >= 4 is 26.7 Å². The van der Waals surface area contributed by atoms with Gasteiger partial charge in [-0.05, 0) is 37.8 Å². The highest BCUT2D eigenvalue weighted by atomic mass is 79.9. The van der Waals surface area contributed by atoms with Crippen molar-refractivity contribution in [3.63, 3.8) is 0 Å². The minimum Gasteiger partial charge on any atom is -0.507 e. The fourth-order valence-corrected chi connectivity index (χ4v) is 2.53. The normalized spacial score (nSPS) is 10.8. The molecule has 0 amide bonds. The molecular formula is C16H19BrO2. The Balaban J connectivity index is 2.16. The molecule has 0 spiro atoms. The van der Waals surface area contributed by atoms with Gasteiger partial charge in [0.05, 0.1) is 6.61 Å². The van der Waals surface area contributed by atoms with E-state index in [2.05, 4.69) is 15.9 Å². The van der Waals surface area contributed by atoms with Gasteiger partial charge in [-0.15, -0.1) is 0 Å². The summed E-state index contributed by atoms with van der Waals surface area (Å²) >= 11 is 3.43. The molecule has 0 saturated carbocycles. The van der Waals surface area contributed by atoms with E-state index in [1.54, 1.807) is 0 Å². The highest BCUT2D eigenvalue weighted by Crippen LogP contribution is 2.35. The lowest BCUT2D eigenvalue weighted by molar-refractivity contribution is 0.309. The molecule has 0 aliphatic rings. The molecule has 2 nitrogen and oxygen atoms in total. The van der Waals surface area contributed by atoms with Crippen molar-refractivity contribution < 1.29 is 9.84 Å². The van der Waals surface area contributed by atoms with Crippen LogP contribution >= 0.6 is 15.9 Å². The van der Waals surface area contributed by atoms with Gasteiger partial charge in [0.25, 0.3) is 0 Å². The number of ether oxygens (including phenoxy) is 1. The molecule has 3 heteroatoms. The topological polar surface area (TPSA) is 29.5 Å². The zero-order valence-corrected chi connectivity index (χ0v) is 12.7. The summed E-state index contributed by atoms with van der Waals surface area (Å²) in [5.41, 5.74) is 0.856. The molecule has 2 aromatic rings. The Labute approximate surface area is 122 Å². The first kappa shape index (κ1) is 14.2. The quantitative estimate of drug-likeness (QED) is 0.611. The van der Waals surface area contributed by atoms with Crippen LogP contribution in [0.25, 0.3) is 10.8 Å². The summed E-state index contributed by atoms with van der Waals surface area (Å²) in [6, 6.07) is 9.73. The van der Waals surface area contributed by atoms with Crippen molar-refractivity contribution in [2.24, 2.45) is 0 Å². The van der Waals surface area contributed by atoms with Crippen molar-refractivity contribution in [2.45, 2.75) is 26.2 Å². The van der Waals surface area contributed by atoms with E-state index in [0.29, 0.717) is 5.75 Å². The third-order valence-corrected chi connectivity index (χ3v) is 3.77. The fraction of sp³-hybridized carbons (Fsp3) is 0.375. The summed E-state index contributed by atoms with van der Waals surface area (Å²) in [4.78, 5) is 0. The molecule has 0 unspecified atom stereocenters. The molecule has 0 aliphatic heterocycles. The molecule has 2 rings (SSSR count). The summed E-state index contributed by atoms with van der Waals surface area (Å²) in [5.74, 6) is 1.21. The average Bonchev–Trinajstić information content (AvgIpc) is 2.44. The van der Waals surface area contributed by atoms with Gasteiger partial charge in [-0.25, -0.2) is 0 Å². The summed E-state index contributed by atoms with van der Waals surface area (Å²) in [6.45, 7) is 2.63. The number of phenolic OH excluding ortho intramolecular Hbond substituents is 1. The Morgan fingerprint density at radius 3 is 2.58 bits per heavy atom. The van der Waals surface area contributed by atoms with Crippen LogP contribution in [-0.4, -0.2) is 17.0 Å². The molecule has 0 aromatic heterocycles. The molecule has 0 saturated heterocycles. The van der Waals surface area contributed by atoms with Crippen molar-refractivity contribution in [1.29, 1.82) is 0 Å². The van der Waals surface area contributed by atoms with Crippen LogP contribution in [0.5, 0.6) is 11.5 Å². The number of fused-ring (bicyclic) bond motifs is 1. The fourth-order valence-electron chi connectivity index (χ4n) is 2.13. The molecule has 102 valence electrons. The van der Waals surface area contributed by atoms with E-state index >= 15 is 0 Å². The summed E-state index contributed by atoms with van der Waals surface area (Å²) in [6.07, 6.45) is 3.40. The van der Waals surface area contributed by atoms with Crippen molar-refractivity contribution in [2.75, 3.05) is 11.9 Å². The minimum atomic E-state index is 0.349. The number of aryl methyl sites for hydroxylation is 1. The maximum absolute atomic E-state index is 10.1. The Morgan fingerprint density at radius 2 is 1.84 bits per heavy atom. The second kappa shape index (κ2) is 6.80. The van der Waals surface area contributed by atoms with Crippen LogP contribution in [0, 0.1) is 6.92 Å². The largest absolute Gasteiger partial charge is 0.507 e. The molecular weight excluding hydrogens is 304 g/mol. The number of hydrogen-bond donors (Lipinski definition) is 1. The lowest BCUT2D eigenvalue weighted by Crippen LogP contribution is -1.98. The molecule has 2 aromatic carbocycles. The monoisotopic (exact) mass is 322 g/mol. The SMILES string of the molecule is Cc1cc(OCCCCCBr)c2ccccc2c1O. The Hall–Kier alpha value is -1.22. The maximum Gasteiger partial charge on any atom is 0.127 e. The molecule has 0 atom stereocenters. The number of hydrogen-bond acceptors (Lipinski definition) is 2. The molecule has 19 heavy (non-hydrogen) atoms. The van der Waals surface area contributed by atoms with Crippen LogP contribution in [0.3, 0.4) is 0 Å². The highest BCUT2D eigenvalue weighted by molar-refractivity contribution is 9.09. The lowest BCUT2D eigenvalue weighted by Gasteiger charge is -2.12. The third-order valence-electron chi connectivity index (χ3n) is 3.20. The van der Waals surface area contributed by atoms with Gasteiger partial charge in [0.2, 0.25) is 0 Å². The Morgan fingerprint density at radius 1 is 1.11 bits per heavy atom. The second-order valence-corrected chi connectivity index (χ2v) is 5.48.